The highest BCUT2D eigenvalue weighted by Gasteiger charge is 2.13. The van der Waals surface area contributed by atoms with E-state index < -0.39 is 6.10 Å². The predicted octanol–water partition coefficient (Wildman–Crippen LogP) is 0.726. The number of imidazole rings is 1. The lowest BCUT2D eigenvalue weighted by Gasteiger charge is -2.09. The molecule has 2 heterocycles. The zero-order valence-electron chi connectivity index (χ0n) is 8.31. The van der Waals surface area contributed by atoms with Crippen molar-refractivity contribution in [1.29, 1.82) is 0 Å². The largest absolute Gasteiger partial charge is 0.385 e. The number of nitrogens with one attached hydrogen (secondary N) is 1. The van der Waals surface area contributed by atoms with Gasteiger partial charge in [0.2, 0.25) is 0 Å². The number of fused-ring (bicyclic) bond motifs is 1. The molecule has 2 aromatic rings. The molecule has 15 heavy (non-hydrogen) atoms. The number of likely N-dealkylation sites (N-methyl/N-ethyl adjacent to an activating group) is 1. The maximum absolute atomic E-state index is 13.3. The summed E-state index contributed by atoms with van der Waals surface area (Å²) >= 11 is 0. The van der Waals surface area contributed by atoms with Gasteiger partial charge < -0.3 is 10.4 Å². The number of hydrogen-bond acceptors (Lipinski definition) is 3. The lowest BCUT2D eigenvalue weighted by Crippen LogP contribution is -2.17. The highest BCUT2D eigenvalue weighted by molar-refractivity contribution is 5.42. The molecule has 2 aromatic heterocycles. The molecule has 0 amide bonds. The van der Waals surface area contributed by atoms with Gasteiger partial charge in [-0.25, -0.2) is 9.37 Å². The second-order valence-electron chi connectivity index (χ2n) is 3.31. The predicted molar refractivity (Wildman–Crippen MR) is 54.0 cm³/mol. The third-order valence-electron chi connectivity index (χ3n) is 2.26. The monoisotopic (exact) mass is 209 g/mol. The summed E-state index contributed by atoms with van der Waals surface area (Å²) in [5.41, 5.74) is 0.821. The van der Waals surface area contributed by atoms with E-state index >= 15 is 0 Å². The molecule has 80 valence electrons. The summed E-state index contributed by atoms with van der Waals surface area (Å²) in [6.45, 7) is 0.407. The molecule has 0 fully saturated rings. The fourth-order valence-corrected chi connectivity index (χ4v) is 1.54. The van der Waals surface area contributed by atoms with Crippen molar-refractivity contribution in [2.24, 2.45) is 0 Å². The van der Waals surface area contributed by atoms with Crippen LogP contribution in [0.3, 0.4) is 0 Å². The maximum atomic E-state index is 13.3. The van der Waals surface area contributed by atoms with E-state index in [2.05, 4.69) is 10.3 Å². The van der Waals surface area contributed by atoms with Gasteiger partial charge in [0, 0.05) is 12.7 Å². The Morgan fingerprint density at radius 2 is 2.47 bits per heavy atom. The summed E-state index contributed by atoms with van der Waals surface area (Å²) in [5, 5.41) is 12.6. The second kappa shape index (κ2) is 3.96. The first-order valence-electron chi connectivity index (χ1n) is 4.68. The van der Waals surface area contributed by atoms with E-state index in [1.165, 1.54) is 12.3 Å². The molecule has 0 aliphatic rings. The number of aliphatic hydroxyl groups is 1. The molecule has 1 unspecified atom stereocenters. The summed E-state index contributed by atoms with van der Waals surface area (Å²) in [6, 6.07) is 2.93. The van der Waals surface area contributed by atoms with Crippen molar-refractivity contribution in [2.75, 3.05) is 13.6 Å². The molecule has 0 saturated heterocycles. The Morgan fingerprint density at radius 1 is 1.67 bits per heavy atom. The van der Waals surface area contributed by atoms with E-state index in [1.54, 1.807) is 23.7 Å². The first kappa shape index (κ1) is 10.1. The van der Waals surface area contributed by atoms with Crippen LogP contribution in [0.15, 0.2) is 24.5 Å². The molecule has 1 atom stereocenters. The lowest BCUT2D eigenvalue weighted by molar-refractivity contribution is 0.172. The molecule has 5 heteroatoms. The molecule has 0 saturated carbocycles. The molecule has 2 rings (SSSR count). The zero-order valence-corrected chi connectivity index (χ0v) is 8.31. The minimum atomic E-state index is -0.688. The number of pyridine rings is 1. The van der Waals surface area contributed by atoms with Crippen LogP contribution in [0.2, 0.25) is 0 Å². The Bertz CT molecular complexity index is 469. The maximum Gasteiger partial charge on any atom is 0.173 e. The van der Waals surface area contributed by atoms with Gasteiger partial charge in [-0.05, 0) is 19.2 Å². The van der Waals surface area contributed by atoms with E-state index in [9.17, 15) is 9.50 Å². The molecule has 0 radical (unpaired) electrons. The van der Waals surface area contributed by atoms with Crippen LogP contribution in [0, 0.1) is 5.82 Å². The van der Waals surface area contributed by atoms with Crippen molar-refractivity contribution in [3.05, 3.63) is 36.0 Å². The average Bonchev–Trinajstić information content (AvgIpc) is 2.63. The van der Waals surface area contributed by atoms with E-state index in [1.807, 2.05) is 0 Å². The number of aliphatic hydroxyl groups excluding tert-OH is 1. The standard InChI is InChI=1S/C10H12FN3O/c1-12-6-9(15)8-5-13-10-7(11)3-2-4-14(8)10/h2-5,9,12,15H,6H2,1H3. The summed E-state index contributed by atoms with van der Waals surface area (Å²) in [6.07, 6.45) is 2.48. The van der Waals surface area contributed by atoms with Crippen LogP contribution in [-0.2, 0) is 0 Å². The Labute approximate surface area is 86.4 Å². The van der Waals surface area contributed by atoms with E-state index in [-0.39, 0.29) is 11.5 Å². The summed E-state index contributed by atoms with van der Waals surface area (Å²) in [4.78, 5) is 3.92. The van der Waals surface area contributed by atoms with Crippen LogP contribution in [0.25, 0.3) is 5.65 Å². The normalized spacial score (nSPS) is 13.3. The zero-order chi connectivity index (χ0) is 10.8. The van der Waals surface area contributed by atoms with Crippen molar-refractivity contribution >= 4 is 5.65 Å². The number of halogens is 1. The van der Waals surface area contributed by atoms with Crippen LogP contribution in [0.5, 0.6) is 0 Å². The van der Waals surface area contributed by atoms with Gasteiger partial charge in [0.25, 0.3) is 0 Å². The van der Waals surface area contributed by atoms with Gasteiger partial charge in [-0.1, -0.05) is 0 Å². The molecular formula is C10H12FN3O. The molecule has 4 nitrogen and oxygen atoms in total. The average molecular weight is 209 g/mol. The minimum absolute atomic E-state index is 0.239. The van der Waals surface area contributed by atoms with Gasteiger partial charge in [0.1, 0.15) is 6.10 Å². The van der Waals surface area contributed by atoms with Crippen LogP contribution >= 0.6 is 0 Å². The molecule has 0 aromatic carbocycles. The topological polar surface area (TPSA) is 49.6 Å². The third kappa shape index (κ3) is 1.71. The Balaban J connectivity index is 2.49. The van der Waals surface area contributed by atoms with E-state index in [0.717, 1.165) is 0 Å². The molecule has 0 aliphatic heterocycles. The van der Waals surface area contributed by atoms with Crippen molar-refractivity contribution in [3.8, 4) is 0 Å². The Kier molecular flexibility index (Phi) is 2.66. The molecular weight excluding hydrogens is 197 g/mol. The molecule has 0 spiro atoms. The number of aromatic nitrogens is 2. The smallest absolute Gasteiger partial charge is 0.173 e. The quantitative estimate of drug-likeness (QED) is 0.783. The SMILES string of the molecule is CNCC(O)c1cnc2c(F)cccn12. The van der Waals surface area contributed by atoms with Gasteiger partial charge in [-0.3, -0.25) is 4.40 Å². The van der Waals surface area contributed by atoms with Gasteiger partial charge in [0.05, 0.1) is 11.9 Å². The number of hydrogen-bond donors (Lipinski definition) is 2. The van der Waals surface area contributed by atoms with Crippen molar-refractivity contribution < 1.29 is 9.50 Å². The van der Waals surface area contributed by atoms with Crippen molar-refractivity contribution in [3.63, 3.8) is 0 Å². The summed E-state index contributed by atoms with van der Waals surface area (Å²) in [5.74, 6) is -0.389. The van der Waals surface area contributed by atoms with Crippen molar-refractivity contribution in [1.82, 2.24) is 14.7 Å². The van der Waals surface area contributed by atoms with Gasteiger partial charge >= 0.3 is 0 Å². The van der Waals surface area contributed by atoms with Crippen LogP contribution in [-0.4, -0.2) is 28.1 Å². The first-order chi connectivity index (χ1) is 7.24. The molecule has 0 bridgehead atoms. The van der Waals surface area contributed by atoms with E-state index in [0.29, 0.717) is 12.2 Å². The highest BCUT2D eigenvalue weighted by atomic mass is 19.1. The fourth-order valence-electron chi connectivity index (χ4n) is 1.54. The lowest BCUT2D eigenvalue weighted by atomic mass is 10.2. The van der Waals surface area contributed by atoms with Crippen LogP contribution < -0.4 is 5.32 Å². The van der Waals surface area contributed by atoms with Crippen LogP contribution in [0.4, 0.5) is 4.39 Å². The summed E-state index contributed by atoms with van der Waals surface area (Å²) < 4.78 is 14.8. The minimum Gasteiger partial charge on any atom is -0.385 e. The second-order valence-corrected chi connectivity index (χ2v) is 3.31. The van der Waals surface area contributed by atoms with Gasteiger partial charge in [-0.2, -0.15) is 0 Å². The summed E-state index contributed by atoms with van der Waals surface area (Å²) in [7, 11) is 1.74. The van der Waals surface area contributed by atoms with E-state index in [4.69, 9.17) is 0 Å². The first-order valence-corrected chi connectivity index (χ1v) is 4.68. The highest BCUT2D eigenvalue weighted by Crippen LogP contribution is 2.16. The Hall–Kier alpha value is -1.46. The number of rotatable bonds is 3. The number of nitrogens with zero attached hydrogens (tertiary/aromatic N) is 2. The van der Waals surface area contributed by atoms with Gasteiger partial charge in [-0.15, -0.1) is 0 Å². The van der Waals surface area contributed by atoms with Crippen LogP contribution in [0.1, 0.15) is 11.8 Å². The fraction of sp³-hybridized carbons (Fsp3) is 0.300. The molecule has 0 aliphatic carbocycles. The van der Waals surface area contributed by atoms with Crippen molar-refractivity contribution in [2.45, 2.75) is 6.10 Å². The third-order valence-corrected chi connectivity index (χ3v) is 2.26. The molecule has 2 N–H and O–H groups in total. The van der Waals surface area contributed by atoms with Gasteiger partial charge in [0.15, 0.2) is 11.5 Å². The Morgan fingerprint density at radius 3 is 3.20 bits per heavy atom.